The van der Waals surface area contributed by atoms with E-state index in [2.05, 4.69) is 22.2 Å². The molecule has 6 nitrogen and oxygen atoms in total. The highest BCUT2D eigenvalue weighted by atomic mass is 19.4. The lowest BCUT2D eigenvalue weighted by molar-refractivity contribution is -0.137. The van der Waals surface area contributed by atoms with Crippen LogP contribution in [0.25, 0.3) is 0 Å². The first-order valence-electron chi connectivity index (χ1n) is 9.32. The molecule has 0 aliphatic heterocycles. The summed E-state index contributed by atoms with van der Waals surface area (Å²) in [6.45, 7) is 3.28. The number of rotatable bonds is 6. The Hall–Kier alpha value is -3.80. The SMILES string of the molecule is CO/N=C(/C(=O)OC)c1cccc(C)c1CO/N=C(\C)C#Cc1ccccc1C(F)(F)F. The fraction of sp³-hybridized carbons (Fsp3) is 0.261. The van der Waals surface area contributed by atoms with Crippen molar-refractivity contribution in [3.63, 3.8) is 0 Å². The molecule has 0 saturated heterocycles. The van der Waals surface area contributed by atoms with Crippen LogP contribution in [0, 0.1) is 18.8 Å². The second kappa shape index (κ2) is 11.0. The summed E-state index contributed by atoms with van der Waals surface area (Å²) < 4.78 is 43.9. The van der Waals surface area contributed by atoms with Gasteiger partial charge in [-0.1, -0.05) is 46.6 Å². The van der Waals surface area contributed by atoms with Crippen LogP contribution >= 0.6 is 0 Å². The zero-order valence-electron chi connectivity index (χ0n) is 17.9. The van der Waals surface area contributed by atoms with Crippen molar-refractivity contribution in [3.05, 3.63) is 70.3 Å². The summed E-state index contributed by atoms with van der Waals surface area (Å²) >= 11 is 0. The van der Waals surface area contributed by atoms with Gasteiger partial charge in [-0.3, -0.25) is 0 Å². The molecule has 0 aromatic heterocycles. The number of hydrogen-bond acceptors (Lipinski definition) is 6. The van der Waals surface area contributed by atoms with Gasteiger partial charge < -0.3 is 14.4 Å². The smallest absolute Gasteiger partial charge is 0.417 e. The maximum atomic E-state index is 13.1. The predicted molar refractivity (Wildman–Crippen MR) is 113 cm³/mol. The lowest BCUT2D eigenvalue weighted by Crippen LogP contribution is -2.20. The average molecular weight is 446 g/mol. The second-order valence-electron chi connectivity index (χ2n) is 6.46. The quantitative estimate of drug-likeness (QED) is 0.284. The van der Waals surface area contributed by atoms with Crippen molar-refractivity contribution in [2.75, 3.05) is 14.2 Å². The van der Waals surface area contributed by atoms with E-state index in [1.54, 1.807) is 12.1 Å². The van der Waals surface area contributed by atoms with Gasteiger partial charge in [-0.05, 0) is 37.5 Å². The summed E-state index contributed by atoms with van der Waals surface area (Å²) in [6, 6.07) is 10.2. The Labute approximate surface area is 183 Å². The Morgan fingerprint density at radius 2 is 1.78 bits per heavy atom. The van der Waals surface area contributed by atoms with Crippen molar-refractivity contribution in [3.8, 4) is 11.8 Å². The van der Waals surface area contributed by atoms with Crippen LogP contribution in [0.1, 0.15) is 34.7 Å². The van der Waals surface area contributed by atoms with Crippen LogP contribution in [0.2, 0.25) is 0 Å². The fourth-order valence-corrected chi connectivity index (χ4v) is 2.71. The normalized spacial score (nSPS) is 12.0. The summed E-state index contributed by atoms with van der Waals surface area (Å²) in [5, 5.41) is 7.59. The number of carbonyl (C=O) groups is 1. The van der Waals surface area contributed by atoms with Gasteiger partial charge in [-0.25, -0.2) is 4.79 Å². The first kappa shape index (κ1) is 24.5. The first-order chi connectivity index (χ1) is 15.2. The molecular formula is C23H21F3N2O4. The minimum absolute atomic E-state index is 0.0402. The van der Waals surface area contributed by atoms with Gasteiger partial charge in [-0.2, -0.15) is 13.2 Å². The van der Waals surface area contributed by atoms with Crippen LogP contribution in [0.3, 0.4) is 0 Å². The van der Waals surface area contributed by atoms with E-state index in [4.69, 9.17) is 14.4 Å². The maximum absolute atomic E-state index is 13.1. The van der Waals surface area contributed by atoms with Crippen LogP contribution in [0.15, 0.2) is 52.8 Å². The van der Waals surface area contributed by atoms with E-state index < -0.39 is 17.7 Å². The molecule has 0 unspecified atom stereocenters. The van der Waals surface area contributed by atoms with E-state index in [-0.39, 0.29) is 23.6 Å². The molecule has 2 aromatic rings. The fourth-order valence-electron chi connectivity index (χ4n) is 2.71. The Kier molecular flexibility index (Phi) is 8.41. The molecule has 2 rings (SSSR count). The molecule has 9 heteroatoms. The molecule has 0 aliphatic rings. The minimum Gasteiger partial charge on any atom is -0.464 e. The number of methoxy groups -OCH3 is 1. The summed E-state index contributed by atoms with van der Waals surface area (Å²) in [7, 11) is 2.53. The number of ether oxygens (including phenoxy) is 1. The largest absolute Gasteiger partial charge is 0.464 e. The number of nitrogens with zero attached hydrogens (tertiary/aromatic N) is 2. The molecule has 0 N–H and O–H groups in total. The molecule has 0 radical (unpaired) electrons. The van der Waals surface area contributed by atoms with Crippen molar-refractivity contribution in [2.24, 2.45) is 10.3 Å². The van der Waals surface area contributed by atoms with Crippen molar-refractivity contribution in [2.45, 2.75) is 26.6 Å². The Balaban J connectivity index is 2.24. The molecule has 168 valence electrons. The van der Waals surface area contributed by atoms with E-state index in [1.165, 1.54) is 39.3 Å². The number of benzene rings is 2. The summed E-state index contributed by atoms with van der Waals surface area (Å²) in [4.78, 5) is 22.2. The van der Waals surface area contributed by atoms with Gasteiger partial charge in [0.15, 0.2) is 5.71 Å². The topological polar surface area (TPSA) is 69.5 Å². The molecule has 32 heavy (non-hydrogen) atoms. The number of halogens is 3. The van der Waals surface area contributed by atoms with E-state index in [1.807, 2.05) is 13.0 Å². The van der Waals surface area contributed by atoms with Crippen LogP contribution < -0.4 is 0 Å². The van der Waals surface area contributed by atoms with E-state index >= 15 is 0 Å². The van der Waals surface area contributed by atoms with Gasteiger partial charge >= 0.3 is 12.1 Å². The molecular weight excluding hydrogens is 425 g/mol. The van der Waals surface area contributed by atoms with Crippen LogP contribution in [0.5, 0.6) is 0 Å². The Morgan fingerprint density at radius 1 is 1.06 bits per heavy atom. The molecule has 0 fully saturated rings. The van der Waals surface area contributed by atoms with E-state index in [9.17, 15) is 18.0 Å². The Bertz CT molecular complexity index is 1100. The molecule has 2 aromatic carbocycles. The number of alkyl halides is 3. The molecule has 0 spiro atoms. The zero-order valence-corrected chi connectivity index (χ0v) is 17.9. The maximum Gasteiger partial charge on any atom is 0.417 e. The molecule has 0 heterocycles. The molecule has 0 saturated carbocycles. The van der Waals surface area contributed by atoms with Crippen molar-refractivity contribution >= 4 is 17.4 Å². The van der Waals surface area contributed by atoms with Crippen LogP contribution in [-0.2, 0) is 32.0 Å². The highest BCUT2D eigenvalue weighted by Gasteiger charge is 2.32. The third kappa shape index (κ3) is 6.35. The van der Waals surface area contributed by atoms with Crippen molar-refractivity contribution in [1.82, 2.24) is 0 Å². The van der Waals surface area contributed by atoms with E-state index in [0.717, 1.165) is 11.6 Å². The second-order valence-corrected chi connectivity index (χ2v) is 6.46. The average Bonchev–Trinajstić information content (AvgIpc) is 2.76. The minimum atomic E-state index is -4.50. The first-order valence-corrected chi connectivity index (χ1v) is 9.32. The van der Waals surface area contributed by atoms with Crippen molar-refractivity contribution in [1.29, 1.82) is 0 Å². The van der Waals surface area contributed by atoms with Crippen LogP contribution in [0.4, 0.5) is 13.2 Å². The third-order valence-electron chi connectivity index (χ3n) is 4.25. The van der Waals surface area contributed by atoms with Gasteiger partial charge in [0, 0.05) is 16.7 Å². The van der Waals surface area contributed by atoms with Gasteiger partial charge in [0.25, 0.3) is 0 Å². The lowest BCUT2D eigenvalue weighted by atomic mass is 9.99. The lowest BCUT2D eigenvalue weighted by Gasteiger charge is -2.12. The summed E-state index contributed by atoms with van der Waals surface area (Å²) in [5.74, 6) is 4.34. The number of aryl methyl sites for hydroxylation is 1. The highest BCUT2D eigenvalue weighted by Crippen LogP contribution is 2.31. The molecule has 0 aliphatic carbocycles. The molecule has 0 atom stereocenters. The van der Waals surface area contributed by atoms with Gasteiger partial charge in [0.05, 0.1) is 12.7 Å². The number of esters is 1. The van der Waals surface area contributed by atoms with Gasteiger partial charge in [0.2, 0.25) is 0 Å². The van der Waals surface area contributed by atoms with Gasteiger partial charge in [-0.15, -0.1) is 0 Å². The zero-order chi connectivity index (χ0) is 23.7. The summed E-state index contributed by atoms with van der Waals surface area (Å²) in [6.07, 6.45) is -4.50. The predicted octanol–water partition coefficient (Wildman–Crippen LogP) is 4.48. The number of hydrogen-bond donors (Lipinski definition) is 0. The molecule has 0 bridgehead atoms. The molecule has 0 amide bonds. The monoisotopic (exact) mass is 446 g/mol. The third-order valence-corrected chi connectivity index (χ3v) is 4.25. The summed E-state index contributed by atoms with van der Waals surface area (Å²) in [5.41, 5.74) is 1.01. The van der Waals surface area contributed by atoms with Gasteiger partial charge in [0.1, 0.15) is 19.4 Å². The highest BCUT2D eigenvalue weighted by molar-refractivity contribution is 6.43. The van der Waals surface area contributed by atoms with Crippen molar-refractivity contribution < 1.29 is 32.4 Å². The standard InChI is InChI=1S/C23H21F3N2O4/c1-15-8-7-10-18(21(28-31-4)22(29)30-3)19(15)14-32-27-16(2)12-13-17-9-5-6-11-20(17)23(24,25)26/h5-11H,14H2,1-4H3/b27-16+,28-21+. The Morgan fingerprint density at radius 3 is 2.44 bits per heavy atom. The number of oxime groups is 2. The van der Waals surface area contributed by atoms with E-state index in [0.29, 0.717) is 11.1 Å². The number of carbonyl (C=O) groups excluding carboxylic acids is 1. The van der Waals surface area contributed by atoms with Crippen LogP contribution in [-0.4, -0.2) is 31.6 Å².